The number of hydrogen-bond acceptors (Lipinski definition) is 7. The molecule has 194 valence electrons. The molecule has 4 rings (SSSR count). The molecule has 8 heteroatoms. The van der Waals surface area contributed by atoms with Crippen molar-refractivity contribution in [2.45, 2.75) is 103 Å². The van der Waals surface area contributed by atoms with Crippen LogP contribution in [0, 0.1) is 28.1 Å². The van der Waals surface area contributed by atoms with E-state index in [1.54, 1.807) is 0 Å². The molecule has 0 aromatic rings. The van der Waals surface area contributed by atoms with Gasteiger partial charge in [-0.1, -0.05) is 31.9 Å². The molecule has 1 heterocycles. The van der Waals surface area contributed by atoms with Crippen molar-refractivity contribution >= 4 is 5.97 Å². The topological polar surface area (TPSA) is 137 Å². The second kappa shape index (κ2) is 9.45. The molecule has 1 aliphatic heterocycles. The smallest absolute Gasteiger partial charge is 0.309 e. The summed E-state index contributed by atoms with van der Waals surface area (Å²) in [5.41, 5.74) is 0.832. The maximum Gasteiger partial charge on any atom is 0.309 e. The number of fused-ring (bicyclic) bond motifs is 3. The second-order valence-electron chi connectivity index (χ2n) is 12.0. The Balaban J connectivity index is 1.39. The van der Waals surface area contributed by atoms with Crippen LogP contribution in [0.2, 0.25) is 0 Å². The fraction of sp³-hybridized carbons (Fsp3) is 0.885. The molecule has 0 radical (unpaired) electrons. The molecule has 3 fully saturated rings. The molecular formula is C26H42O8. The van der Waals surface area contributed by atoms with E-state index in [2.05, 4.69) is 19.9 Å². The number of rotatable bonds is 6. The Morgan fingerprint density at radius 1 is 1.12 bits per heavy atom. The van der Waals surface area contributed by atoms with Crippen molar-refractivity contribution in [1.82, 2.24) is 0 Å². The first-order chi connectivity index (χ1) is 15.9. The van der Waals surface area contributed by atoms with Gasteiger partial charge < -0.3 is 35.0 Å². The Kier molecular flexibility index (Phi) is 7.24. The summed E-state index contributed by atoms with van der Waals surface area (Å²) < 4.78 is 11.2. The lowest BCUT2D eigenvalue weighted by molar-refractivity contribution is -0.302. The summed E-state index contributed by atoms with van der Waals surface area (Å²) in [7, 11) is 0. The number of carbonyl (C=O) groups is 1. The zero-order valence-corrected chi connectivity index (χ0v) is 20.7. The lowest BCUT2D eigenvalue weighted by Crippen LogP contribution is -2.59. The van der Waals surface area contributed by atoms with E-state index in [1.165, 1.54) is 5.57 Å². The minimum atomic E-state index is -1.44. The van der Waals surface area contributed by atoms with Crippen molar-refractivity contribution in [2.75, 3.05) is 13.2 Å². The zero-order chi connectivity index (χ0) is 24.9. The number of aliphatic carboxylic acids is 1. The summed E-state index contributed by atoms with van der Waals surface area (Å²) in [4.78, 5) is 12.2. The number of aliphatic hydroxyl groups excluding tert-OH is 4. The third kappa shape index (κ3) is 4.35. The molecule has 34 heavy (non-hydrogen) atoms. The van der Waals surface area contributed by atoms with Gasteiger partial charge in [0.05, 0.1) is 18.6 Å². The molecule has 3 aliphatic carbocycles. The Labute approximate surface area is 202 Å². The average molecular weight is 483 g/mol. The van der Waals surface area contributed by atoms with Crippen molar-refractivity contribution < 1.29 is 39.8 Å². The highest BCUT2D eigenvalue weighted by Gasteiger charge is 2.58. The van der Waals surface area contributed by atoms with E-state index in [0.29, 0.717) is 12.5 Å². The monoisotopic (exact) mass is 482 g/mol. The van der Waals surface area contributed by atoms with Gasteiger partial charge in [-0.15, -0.1) is 0 Å². The van der Waals surface area contributed by atoms with Crippen molar-refractivity contribution in [1.29, 1.82) is 0 Å². The standard InChI is InChI=1S/C26H42O8/c1-24(11-12-33-22-21(30)20(29)19(28)17(14-27)34-22)10-7-16-15(13-24)5-6-18-25(16,2)8-4-9-26(18,3)23(31)32/h5,16-22,27-30H,4,6-14H2,1-3H3,(H,31,32)/t16-,17+,18+,19+,20-,21-,22-,24+,25+,26-/m0/s1. The summed E-state index contributed by atoms with van der Waals surface area (Å²) in [5, 5.41) is 49.5. The Morgan fingerprint density at radius 2 is 1.85 bits per heavy atom. The lowest BCUT2D eigenvalue weighted by Gasteiger charge is -2.58. The van der Waals surface area contributed by atoms with Gasteiger partial charge in [0.1, 0.15) is 24.4 Å². The van der Waals surface area contributed by atoms with Gasteiger partial charge in [-0.3, -0.25) is 4.79 Å². The Morgan fingerprint density at radius 3 is 2.53 bits per heavy atom. The van der Waals surface area contributed by atoms with E-state index < -0.39 is 48.7 Å². The first-order valence-corrected chi connectivity index (χ1v) is 12.8. The van der Waals surface area contributed by atoms with E-state index in [1.807, 2.05) is 6.92 Å². The summed E-state index contributed by atoms with van der Waals surface area (Å²) >= 11 is 0. The SMILES string of the molecule is C[C@]1(CCO[C@H]2O[C@H](CO)[C@@H](O)[C@H](O)[C@@H]2O)CC[C@H]2C(=CC[C@@H]3[C@]2(C)CCC[C@]3(C)C(=O)O)C1. The van der Waals surface area contributed by atoms with Crippen LogP contribution in [0.5, 0.6) is 0 Å². The number of hydrogen-bond donors (Lipinski definition) is 5. The van der Waals surface area contributed by atoms with E-state index in [0.717, 1.165) is 51.4 Å². The average Bonchev–Trinajstić information content (AvgIpc) is 2.78. The summed E-state index contributed by atoms with van der Waals surface area (Å²) in [5.74, 6) is -0.0743. The largest absolute Gasteiger partial charge is 0.481 e. The molecule has 0 aromatic carbocycles. The fourth-order valence-corrected chi connectivity index (χ4v) is 7.57. The van der Waals surface area contributed by atoms with Crippen LogP contribution in [-0.4, -0.2) is 75.4 Å². The molecule has 8 nitrogen and oxygen atoms in total. The first-order valence-electron chi connectivity index (χ1n) is 12.8. The highest BCUT2D eigenvalue weighted by molar-refractivity contribution is 5.75. The van der Waals surface area contributed by atoms with Crippen LogP contribution >= 0.6 is 0 Å². The zero-order valence-electron chi connectivity index (χ0n) is 20.7. The van der Waals surface area contributed by atoms with Gasteiger partial charge in [0.15, 0.2) is 6.29 Å². The molecule has 0 bridgehead atoms. The molecule has 2 saturated carbocycles. The highest BCUT2D eigenvalue weighted by atomic mass is 16.7. The van der Waals surface area contributed by atoms with Gasteiger partial charge in [0, 0.05) is 0 Å². The maximum absolute atomic E-state index is 12.2. The van der Waals surface area contributed by atoms with Crippen molar-refractivity contribution in [3.05, 3.63) is 11.6 Å². The van der Waals surface area contributed by atoms with Crippen LogP contribution in [0.15, 0.2) is 11.6 Å². The number of carboxylic acids is 1. The summed E-state index contributed by atoms with van der Waals surface area (Å²) in [6.07, 6.45) is 3.41. The van der Waals surface area contributed by atoms with Crippen LogP contribution in [0.3, 0.4) is 0 Å². The van der Waals surface area contributed by atoms with Gasteiger partial charge in [0.2, 0.25) is 0 Å². The molecule has 4 aliphatic rings. The number of carboxylic acid groups (broad SMARTS) is 1. The third-order valence-electron chi connectivity index (χ3n) is 9.83. The summed E-state index contributed by atoms with van der Waals surface area (Å²) in [6, 6.07) is 0. The van der Waals surface area contributed by atoms with E-state index >= 15 is 0 Å². The molecule has 0 aromatic heterocycles. The van der Waals surface area contributed by atoms with E-state index in [-0.39, 0.29) is 16.7 Å². The third-order valence-corrected chi connectivity index (χ3v) is 9.83. The van der Waals surface area contributed by atoms with Gasteiger partial charge >= 0.3 is 5.97 Å². The number of allylic oxidation sites excluding steroid dienone is 2. The van der Waals surface area contributed by atoms with E-state index in [4.69, 9.17) is 9.47 Å². The van der Waals surface area contributed by atoms with Crippen molar-refractivity contribution in [3.8, 4) is 0 Å². The van der Waals surface area contributed by atoms with Crippen LogP contribution in [0.4, 0.5) is 0 Å². The van der Waals surface area contributed by atoms with Crippen molar-refractivity contribution in [3.63, 3.8) is 0 Å². The molecule has 5 N–H and O–H groups in total. The number of ether oxygens (including phenoxy) is 2. The van der Waals surface area contributed by atoms with Crippen LogP contribution in [-0.2, 0) is 14.3 Å². The predicted molar refractivity (Wildman–Crippen MR) is 124 cm³/mol. The van der Waals surface area contributed by atoms with E-state index in [9.17, 15) is 30.3 Å². The number of aliphatic hydroxyl groups is 4. The minimum Gasteiger partial charge on any atom is -0.481 e. The van der Waals surface area contributed by atoms with Gasteiger partial charge in [-0.2, -0.15) is 0 Å². The molecular weight excluding hydrogens is 440 g/mol. The second-order valence-corrected chi connectivity index (χ2v) is 12.0. The normalized spacial score (nSPS) is 49.0. The van der Waals surface area contributed by atoms with Crippen LogP contribution in [0.1, 0.15) is 72.1 Å². The highest BCUT2D eigenvalue weighted by Crippen LogP contribution is 2.64. The molecule has 10 atom stereocenters. The predicted octanol–water partition coefficient (Wildman–Crippen LogP) is 2.23. The molecule has 0 spiro atoms. The quantitative estimate of drug-likeness (QED) is 0.364. The molecule has 1 saturated heterocycles. The molecule has 0 amide bonds. The maximum atomic E-state index is 12.2. The minimum absolute atomic E-state index is 0.0175. The van der Waals surface area contributed by atoms with Crippen LogP contribution < -0.4 is 0 Å². The van der Waals surface area contributed by atoms with Gasteiger partial charge in [-0.05, 0) is 74.5 Å². The van der Waals surface area contributed by atoms with Gasteiger partial charge in [0.25, 0.3) is 0 Å². The molecule has 0 unspecified atom stereocenters. The van der Waals surface area contributed by atoms with Gasteiger partial charge in [-0.25, -0.2) is 0 Å². The first kappa shape index (κ1) is 26.0. The lowest BCUT2D eigenvalue weighted by atomic mass is 9.45. The Bertz CT molecular complexity index is 798. The van der Waals surface area contributed by atoms with Crippen LogP contribution in [0.25, 0.3) is 0 Å². The fourth-order valence-electron chi connectivity index (χ4n) is 7.57. The van der Waals surface area contributed by atoms with Crippen molar-refractivity contribution in [2.24, 2.45) is 28.1 Å². The summed E-state index contributed by atoms with van der Waals surface area (Å²) in [6.45, 7) is 6.37. The Hall–Kier alpha value is -1.03.